The van der Waals surface area contributed by atoms with E-state index in [9.17, 15) is 0 Å². The van der Waals surface area contributed by atoms with Gasteiger partial charge < -0.3 is 24.3 Å². The molecular weight excluding hydrogens is 382 g/mol. The smallest absolute Gasteiger partial charge is 0.163 e. The van der Waals surface area contributed by atoms with E-state index in [1.165, 1.54) is 6.33 Å². The zero-order chi connectivity index (χ0) is 18.9. The predicted molar refractivity (Wildman–Crippen MR) is 111 cm³/mol. The summed E-state index contributed by atoms with van der Waals surface area (Å²) >= 11 is 0. The van der Waals surface area contributed by atoms with E-state index in [2.05, 4.69) is 15.3 Å². The van der Waals surface area contributed by atoms with Crippen LogP contribution in [-0.4, -0.2) is 50.6 Å². The Morgan fingerprint density at radius 1 is 0.821 bits per heavy atom. The summed E-state index contributed by atoms with van der Waals surface area (Å²) in [5, 5.41) is 4.16. The molecule has 0 radical (unpaired) electrons. The van der Waals surface area contributed by atoms with E-state index in [1.54, 1.807) is 14.2 Å². The first-order valence-corrected chi connectivity index (χ1v) is 8.66. The molecular formula is C20H24ClN3O4. The number of ether oxygens (including phenoxy) is 4. The highest BCUT2D eigenvalue weighted by atomic mass is 35.5. The van der Waals surface area contributed by atoms with Crippen molar-refractivity contribution >= 4 is 34.8 Å². The molecule has 3 rings (SSSR count). The van der Waals surface area contributed by atoms with E-state index in [4.69, 9.17) is 18.9 Å². The SMILES string of the molecule is COCCOc1cc2ncnc(Nc3ccccc3)c2cc1OCCOC.Cl. The van der Waals surface area contributed by atoms with Crippen LogP contribution in [0, 0.1) is 0 Å². The lowest BCUT2D eigenvalue weighted by Crippen LogP contribution is -2.09. The normalized spacial score (nSPS) is 10.4. The van der Waals surface area contributed by atoms with E-state index >= 15 is 0 Å². The predicted octanol–water partition coefficient (Wildman–Crippen LogP) is 3.85. The Hall–Kier alpha value is -2.61. The molecule has 7 nitrogen and oxygen atoms in total. The van der Waals surface area contributed by atoms with Gasteiger partial charge in [-0.25, -0.2) is 9.97 Å². The molecule has 0 atom stereocenters. The number of anilines is 2. The summed E-state index contributed by atoms with van der Waals surface area (Å²) in [5.74, 6) is 1.92. The molecule has 0 saturated carbocycles. The lowest BCUT2D eigenvalue weighted by molar-refractivity contribution is 0.132. The maximum atomic E-state index is 5.85. The number of hydrogen-bond donors (Lipinski definition) is 1. The fourth-order valence-corrected chi connectivity index (χ4v) is 2.52. The quantitative estimate of drug-likeness (QED) is 0.513. The summed E-state index contributed by atoms with van der Waals surface area (Å²) in [5.41, 5.74) is 1.70. The number of para-hydroxylation sites is 1. The number of nitrogens with zero attached hydrogens (tertiary/aromatic N) is 2. The van der Waals surface area contributed by atoms with Gasteiger partial charge in [0.1, 0.15) is 25.4 Å². The molecule has 3 aromatic rings. The molecule has 0 spiro atoms. The van der Waals surface area contributed by atoms with Crippen LogP contribution < -0.4 is 14.8 Å². The van der Waals surface area contributed by atoms with Gasteiger partial charge in [0.25, 0.3) is 0 Å². The highest BCUT2D eigenvalue weighted by Gasteiger charge is 2.12. The first-order chi connectivity index (χ1) is 13.3. The minimum atomic E-state index is 0. The molecule has 0 amide bonds. The first-order valence-electron chi connectivity index (χ1n) is 8.66. The monoisotopic (exact) mass is 405 g/mol. The molecule has 1 heterocycles. The second-order valence-corrected chi connectivity index (χ2v) is 5.71. The number of benzene rings is 2. The topological polar surface area (TPSA) is 74.7 Å². The number of rotatable bonds is 10. The van der Waals surface area contributed by atoms with Gasteiger partial charge in [-0.1, -0.05) is 18.2 Å². The Morgan fingerprint density at radius 2 is 1.46 bits per heavy atom. The van der Waals surface area contributed by atoms with Gasteiger partial charge >= 0.3 is 0 Å². The van der Waals surface area contributed by atoms with Gasteiger partial charge in [0, 0.05) is 31.4 Å². The van der Waals surface area contributed by atoms with Crippen LogP contribution in [0.3, 0.4) is 0 Å². The van der Waals surface area contributed by atoms with E-state index in [0.29, 0.717) is 43.7 Å². The van der Waals surface area contributed by atoms with E-state index < -0.39 is 0 Å². The molecule has 1 aromatic heterocycles. The number of methoxy groups -OCH3 is 2. The Kier molecular flexibility index (Phi) is 8.74. The lowest BCUT2D eigenvalue weighted by atomic mass is 10.2. The third-order valence-electron chi connectivity index (χ3n) is 3.83. The minimum Gasteiger partial charge on any atom is -0.487 e. The molecule has 150 valence electrons. The Balaban J connectivity index is 0.00000280. The number of hydrogen-bond acceptors (Lipinski definition) is 7. The second-order valence-electron chi connectivity index (χ2n) is 5.71. The van der Waals surface area contributed by atoms with Gasteiger partial charge in [0.15, 0.2) is 11.5 Å². The van der Waals surface area contributed by atoms with Gasteiger partial charge in [0.2, 0.25) is 0 Å². The van der Waals surface area contributed by atoms with Crippen LogP contribution in [0.25, 0.3) is 10.9 Å². The van der Waals surface area contributed by atoms with Gasteiger partial charge in [-0.15, -0.1) is 12.4 Å². The van der Waals surface area contributed by atoms with Crippen molar-refractivity contribution in [3.63, 3.8) is 0 Å². The van der Waals surface area contributed by atoms with Crippen molar-refractivity contribution in [2.45, 2.75) is 0 Å². The molecule has 0 aliphatic carbocycles. The standard InChI is InChI=1S/C20H23N3O4.ClH/c1-24-8-10-26-18-12-16-17(13-19(18)27-11-9-25-2)21-14-22-20(16)23-15-6-4-3-5-7-15;/h3-7,12-14H,8-11H2,1-2H3,(H,21,22,23);1H. The molecule has 8 heteroatoms. The zero-order valence-corrected chi connectivity index (χ0v) is 16.7. The van der Waals surface area contributed by atoms with Crippen molar-refractivity contribution in [1.82, 2.24) is 9.97 Å². The summed E-state index contributed by atoms with van der Waals surface area (Å²) in [6, 6.07) is 13.6. The van der Waals surface area contributed by atoms with E-state index in [-0.39, 0.29) is 12.4 Å². The van der Waals surface area contributed by atoms with Crippen molar-refractivity contribution in [3.05, 3.63) is 48.8 Å². The van der Waals surface area contributed by atoms with Crippen LogP contribution in [-0.2, 0) is 9.47 Å². The fraction of sp³-hybridized carbons (Fsp3) is 0.300. The molecule has 2 aromatic carbocycles. The van der Waals surface area contributed by atoms with Crippen LogP contribution in [0.5, 0.6) is 11.5 Å². The van der Waals surface area contributed by atoms with Crippen LogP contribution in [0.15, 0.2) is 48.8 Å². The second kappa shape index (κ2) is 11.3. The molecule has 0 bridgehead atoms. The average molecular weight is 406 g/mol. The van der Waals surface area contributed by atoms with Crippen molar-refractivity contribution in [3.8, 4) is 11.5 Å². The third-order valence-corrected chi connectivity index (χ3v) is 3.83. The van der Waals surface area contributed by atoms with Gasteiger partial charge in [0.05, 0.1) is 18.7 Å². The van der Waals surface area contributed by atoms with Crippen LogP contribution in [0.4, 0.5) is 11.5 Å². The lowest BCUT2D eigenvalue weighted by Gasteiger charge is -2.15. The number of halogens is 1. The van der Waals surface area contributed by atoms with E-state index in [0.717, 1.165) is 16.6 Å². The summed E-state index contributed by atoms with van der Waals surface area (Å²) < 4.78 is 21.8. The minimum absolute atomic E-state index is 0. The highest BCUT2D eigenvalue weighted by molar-refractivity contribution is 5.93. The molecule has 28 heavy (non-hydrogen) atoms. The van der Waals surface area contributed by atoms with Crippen LogP contribution in [0.2, 0.25) is 0 Å². The summed E-state index contributed by atoms with van der Waals surface area (Å²) in [7, 11) is 3.27. The number of aromatic nitrogens is 2. The molecule has 0 unspecified atom stereocenters. The zero-order valence-electron chi connectivity index (χ0n) is 15.9. The van der Waals surface area contributed by atoms with Gasteiger partial charge in [-0.2, -0.15) is 0 Å². The van der Waals surface area contributed by atoms with Crippen LogP contribution in [0.1, 0.15) is 0 Å². The Bertz CT molecular complexity index is 865. The molecule has 1 N–H and O–H groups in total. The third kappa shape index (κ3) is 5.69. The molecule has 0 aliphatic heterocycles. The fourth-order valence-electron chi connectivity index (χ4n) is 2.52. The van der Waals surface area contributed by atoms with Crippen molar-refractivity contribution in [1.29, 1.82) is 0 Å². The summed E-state index contributed by atoms with van der Waals surface area (Å²) in [6.45, 7) is 1.80. The van der Waals surface area contributed by atoms with Crippen molar-refractivity contribution < 1.29 is 18.9 Å². The van der Waals surface area contributed by atoms with Crippen molar-refractivity contribution in [2.75, 3.05) is 46.0 Å². The van der Waals surface area contributed by atoms with Gasteiger partial charge in [-0.3, -0.25) is 0 Å². The maximum Gasteiger partial charge on any atom is 0.163 e. The summed E-state index contributed by atoms with van der Waals surface area (Å²) in [6.07, 6.45) is 1.53. The Morgan fingerprint density at radius 3 is 2.11 bits per heavy atom. The molecule has 0 aliphatic rings. The molecule has 0 fully saturated rings. The average Bonchev–Trinajstić information content (AvgIpc) is 2.70. The number of nitrogens with one attached hydrogen (secondary N) is 1. The summed E-state index contributed by atoms with van der Waals surface area (Å²) in [4.78, 5) is 8.75. The maximum absolute atomic E-state index is 5.85. The van der Waals surface area contributed by atoms with E-state index in [1.807, 2.05) is 42.5 Å². The highest BCUT2D eigenvalue weighted by Crippen LogP contribution is 2.35. The Labute approximate surface area is 170 Å². The molecule has 0 saturated heterocycles. The van der Waals surface area contributed by atoms with Crippen molar-refractivity contribution in [2.24, 2.45) is 0 Å². The number of fused-ring (bicyclic) bond motifs is 1. The largest absolute Gasteiger partial charge is 0.487 e. The van der Waals surface area contributed by atoms with Gasteiger partial charge in [-0.05, 0) is 18.2 Å². The van der Waals surface area contributed by atoms with Crippen LogP contribution >= 0.6 is 12.4 Å². The first kappa shape index (κ1) is 21.7.